The summed E-state index contributed by atoms with van der Waals surface area (Å²) in [5, 5.41) is 0.650. The largest absolute Gasteiger partial charge is 0.416 e. The van der Waals surface area contributed by atoms with E-state index in [9.17, 15) is 18.0 Å². The van der Waals surface area contributed by atoms with Crippen molar-refractivity contribution >= 4 is 21.8 Å². The number of hydrogen-bond donors (Lipinski definition) is 0. The summed E-state index contributed by atoms with van der Waals surface area (Å²) in [6.45, 7) is 1.50. The second-order valence-electron chi connectivity index (χ2n) is 4.86. The van der Waals surface area contributed by atoms with Gasteiger partial charge < -0.3 is 9.64 Å². The van der Waals surface area contributed by atoms with E-state index < -0.39 is 11.7 Å². The normalized spacial score (nSPS) is 19.6. The van der Waals surface area contributed by atoms with Crippen molar-refractivity contribution in [3.63, 3.8) is 0 Å². The van der Waals surface area contributed by atoms with Gasteiger partial charge in [-0.1, -0.05) is 28.1 Å². The van der Waals surface area contributed by atoms with E-state index in [1.807, 2.05) is 0 Å². The Hall–Kier alpha value is -1.08. The zero-order valence-corrected chi connectivity index (χ0v) is 12.8. The van der Waals surface area contributed by atoms with Gasteiger partial charge in [0.25, 0.3) is 0 Å². The molecule has 0 radical (unpaired) electrons. The van der Waals surface area contributed by atoms with Gasteiger partial charge in [0.2, 0.25) is 5.91 Å². The maximum absolute atomic E-state index is 12.5. The first-order valence-electron chi connectivity index (χ1n) is 6.51. The number of alkyl halides is 4. The molecule has 1 unspecified atom stereocenters. The summed E-state index contributed by atoms with van der Waals surface area (Å²) in [7, 11) is 0. The van der Waals surface area contributed by atoms with Crippen molar-refractivity contribution in [1.29, 1.82) is 0 Å². The van der Waals surface area contributed by atoms with E-state index >= 15 is 0 Å². The predicted molar refractivity (Wildman–Crippen MR) is 75.3 cm³/mol. The van der Waals surface area contributed by atoms with Crippen LogP contribution in [-0.4, -0.2) is 41.9 Å². The fraction of sp³-hybridized carbons (Fsp3) is 0.500. The van der Waals surface area contributed by atoms with Gasteiger partial charge in [0, 0.05) is 18.4 Å². The highest BCUT2D eigenvalue weighted by molar-refractivity contribution is 9.09. The third kappa shape index (κ3) is 4.44. The molecule has 0 N–H and O–H groups in total. The molecule has 116 valence electrons. The number of hydrogen-bond acceptors (Lipinski definition) is 2. The molecule has 0 saturated carbocycles. The van der Waals surface area contributed by atoms with E-state index in [0.717, 1.165) is 12.1 Å². The van der Waals surface area contributed by atoms with Crippen LogP contribution in [0, 0.1) is 0 Å². The number of rotatable bonds is 3. The van der Waals surface area contributed by atoms with Gasteiger partial charge in [-0.2, -0.15) is 13.2 Å². The van der Waals surface area contributed by atoms with Crippen molar-refractivity contribution in [2.45, 2.75) is 18.7 Å². The van der Waals surface area contributed by atoms with Gasteiger partial charge in [-0.15, -0.1) is 0 Å². The van der Waals surface area contributed by atoms with Crippen molar-refractivity contribution in [3.8, 4) is 0 Å². The van der Waals surface area contributed by atoms with Gasteiger partial charge in [0.05, 0.1) is 24.7 Å². The first-order chi connectivity index (χ1) is 9.90. The standard InChI is InChI=1S/C14H15BrF3NO2/c15-8-12-9-19(5-6-21-12)13(20)7-10-1-3-11(4-2-10)14(16,17)18/h1-4,12H,5-9H2. The van der Waals surface area contributed by atoms with Crippen LogP contribution in [0.3, 0.4) is 0 Å². The first-order valence-corrected chi connectivity index (χ1v) is 7.64. The highest BCUT2D eigenvalue weighted by atomic mass is 79.9. The van der Waals surface area contributed by atoms with Crippen LogP contribution in [0.5, 0.6) is 0 Å². The molecule has 1 aromatic rings. The summed E-state index contributed by atoms with van der Waals surface area (Å²) in [6, 6.07) is 4.71. The summed E-state index contributed by atoms with van der Waals surface area (Å²) in [6.07, 6.45) is -4.28. The number of amides is 1. The van der Waals surface area contributed by atoms with Crippen LogP contribution in [0.15, 0.2) is 24.3 Å². The lowest BCUT2D eigenvalue weighted by atomic mass is 10.1. The lowest BCUT2D eigenvalue weighted by Gasteiger charge is -2.32. The van der Waals surface area contributed by atoms with Crippen molar-refractivity contribution in [2.75, 3.05) is 25.0 Å². The quantitative estimate of drug-likeness (QED) is 0.770. The fourth-order valence-corrected chi connectivity index (χ4v) is 2.53. The molecular weight excluding hydrogens is 351 g/mol. The molecule has 1 heterocycles. The Kier molecular flexibility index (Phi) is 5.27. The molecule has 0 aliphatic carbocycles. The maximum atomic E-state index is 12.5. The Morgan fingerprint density at radius 1 is 1.33 bits per heavy atom. The number of morpholine rings is 1. The molecule has 1 aliphatic heterocycles. The molecule has 0 bridgehead atoms. The van der Waals surface area contributed by atoms with Gasteiger partial charge in [-0.25, -0.2) is 0 Å². The maximum Gasteiger partial charge on any atom is 0.416 e. The lowest BCUT2D eigenvalue weighted by molar-refractivity contribution is -0.137. The smallest absolute Gasteiger partial charge is 0.374 e. The third-order valence-corrected chi connectivity index (χ3v) is 4.02. The average molecular weight is 366 g/mol. The van der Waals surface area contributed by atoms with Gasteiger partial charge >= 0.3 is 6.18 Å². The molecule has 1 atom stereocenters. The van der Waals surface area contributed by atoms with Crippen LogP contribution in [0.2, 0.25) is 0 Å². The summed E-state index contributed by atoms with van der Waals surface area (Å²) in [4.78, 5) is 13.8. The van der Waals surface area contributed by atoms with E-state index in [-0.39, 0.29) is 18.4 Å². The minimum absolute atomic E-state index is 0.0321. The molecule has 7 heteroatoms. The number of halogens is 4. The molecule has 1 saturated heterocycles. The number of benzene rings is 1. The third-order valence-electron chi connectivity index (χ3n) is 3.30. The van der Waals surface area contributed by atoms with Crippen LogP contribution in [0.4, 0.5) is 13.2 Å². The SMILES string of the molecule is O=C(Cc1ccc(C(F)(F)F)cc1)N1CCOC(CBr)C1. The Morgan fingerprint density at radius 3 is 2.57 bits per heavy atom. The summed E-state index contributed by atoms with van der Waals surface area (Å²) in [5.41, 5.74) is -0.126. The van der Waals surface area contributed by atoms with Crippen LogP contribution >= 0.6 is 15.9 Å². The monoisotopic (exact) mass is 365 g/mol. The van der Waals surface area contributed by atoms with Crippen molar-refractivity contribution < 1.29 is 22.7 Å². The minimum atomic E-state index is -4.35. The average Bonchev–Trinajstić information content (AvgIpc) is 2.47. The number of carbonyl (C=O) groups is 1. The van der Waals surface area contributed by atoms with E-state index in [4.69, 9.17) is 4.74 Å². The molecule has 1 aliphatic rings. The number of nitrogens with zero attached hydrogens (tertiary/aromatic N) is 1. The van der Waals surface area contributed by atoms with Crippen molar-refractivity contribution in [1.82, 2.24) is 4.90 Å². The van der Waals surface area contributed by atoms with Gasteiger partial charge in [0.1, 0.15) is 0 Å². The molecule has 0 aromatic heterocycles. The zero-order valence-electron chi connectivity index (χ0n) is 11.2. The second kappa shape index (κ2) is 6.79. The minimum Gasteiger partial charge on any atom is -0.374 e. The molecule has 1 amide bonds. The molecule has 2 rings (SSSR count). The summed E-state index contributed by atoms with van der Waals surface area (Å²) >= 11 is 3.31. The Bertz CT molecular complexity index is 490. The predicted octanol–water partition coefficient (Wildman–Crippen LogP) is 2.87. The molecular formula is C14H15BrF3NO2. The van der Waals surface area contributed by atoms with Crippen LogP contribution in [0.1, 0.15) is 11.1 Å². The number of ether oxygens (including phenoxy) is 1. The van der Waals surface area contributed by atoms with Crippen molar-refractivity contribution in [3.05, 3.63) is 35.4 Å². The van der Waals surface area contributed by atoms with E-state index in [1.165, 1.54) is 12.1 Å². The first kappa shape index (κ1) is 16.3. The fourth-order valence-electron chi connectivity index (χ4n) is 2.14. The molecule has 0 spiro atoms. The van der Waals surface area contributed by atoms with E-state index in [2.05, 4.69) is 15.9 Å². The van der Waals surface area contributed by atoms with Crippen LogP contribution < -0.4 is 0 Å². The second-order valence-corrected chi connectivity index (χ2v) is 5.51. The van der Waals surface area contributed by atoms with Gasteiger partial charge in [-0.3, -0.25) is 4.79 Å². The Labute approximate surface area is 129 Å². The van der Waals surface area contributed by atoms with Crippen molar-refractivity contribution in [2.24, 2.45) is 0 Å². The zero-order chi connectivity index (χ0) is 15.5. The highest BCUT2D eigenvalue weighted by Crippen LogP contribution is 2.29. The van der Waals surface area contributed by atoms with Gasteiger partial charge in [0.15, 0.2) is 0 Å². The van der Waals surface area contributed by atoms with E-state index in [0.29, 0.717) is 30.6 Å². The topological polar surface area (TPSA) is 29.5 Å². The van der Waals surface area contributed by atoms with Crippen LogP contribution in [0.25, 0.3) is 0 Å². The molecule has 1 aromatic carbocycles. The summed E-state index contributed by atoms with van der Waals surface area (Å²) < 4.78 is 42.8. The molecule has 21 heavy (non-hydrogen) atoms. The number of carbonyl (C=O) groups excluding carboxylic acids is 1. The Morgan fingerprint density at radius 2 is 2.00 bits per heavy atom. The van der Waals surface area contributed by atoms with Crippen LogP contribution in [-0.2, 0) is 22.1 Å². The van der Waals surface area contributed by atoms with Gasteiger partial charge in [-0.05, 0) is 17.7 Å². The highest BCUT2D eigenvalue weighted by Gasteiger charge is 2.30. The molecule has 3 nitrogen and oxygen atoms in total. The van der Waals surface area contributed by atoms with E-state index in [1.54, 1.807) is 4.90 Å². The lowest BCUT2D eigenvalue weighted by Crippen LogP contribution is -2.46. The summed E-state index contributed by atoms with van der Waals surface area (Å²) in [5.74, 6) is -0.0935. The molecule has 1 fully saturated rings. The Balaban J connectivity index is 1.96.